The fourth-order valence-electron chi connectivity index (χ4n) is 1.51. The second-order valence-corrected chi connectivity index (χ2v) is 3.56. The number of aryl methyl sites for hydroxylation is 1. The van der Waals surface area contributed by atoms with Gasteiger partial charge in [0.05, 0.1) is 12.8 Å². The number of carbonyl (C=O) groups excluding carboxylic acids is 1. The van der Waals surface area contributed by atoms with Gasteiger partial charge in [-0.15, -0.1) is 0 Å². The van der Waals surface area contributed by atoms with Crippen LogP contribution in [0.2, 0.25) is 0 Å². The molecule has 0 aliphatic rings. The molecular formula is C11H13N3O2. The van der Waals surface area contributed by atoms with Gasteiger partial charge in [-0.05, 0) is 18.6 Å². The fraction of sp³-hybridized carbons (Fsp3) is 0.273. The van der Waals surface area contributed by atoms with Crippen LogP contribution in [0.25, 0.3) is 5.65 Å². The smallest absolute Gasteiger partial charge is 0.270 e. The number of carbonyl (C=O) groups is 1. The number of aliphatic hydroxyl groups excluding tert-OH is 1. The molecule has 2 rings (SSSR count). The number of imidazole rings is 1. The van der Waals surface area contributed by atoms with Gasteiger partial charge in [-0.25, -0.2) is 4.98 Å². The zero-order chi connectivity index (χ0) is 11.5. The van der Waals surface area contributed by atoms with Gasteiger partial charge in [0.2, 0.25) is 0 Å². The van der Waals surface area contributed by atoms with E-state index in [9.17, 15) is 4.79 Å². The lowest BCUT2D eigenvalue weighted by Gasteiger charge is -2.03. The van der Waals surface area contributed by atoms with Gasteiger partial charge in [-0.3, -0.25) is 9.20 Å². The van der Waals surface area contributed by atoms with Crippen LogP contribution >= 0.6 is 0 Å². The number of nitrogens with one attached hydrogen (secondary N) is 1. The highest BCUT2D eigenvalue weighted by Gasteiger charge is 2.10. The van der Waals surface area contributed by atoms with E-state index >= 15 is 0 Å². The van der Waals surface area contributed by atoms with Crippen LogP contribution in [-0.2, 0) is 0 Å². The maximum absolute atomic E-state index is 11.7. The Morgan fingerprint density at radius 3 is 3.12 bits per heavy atom. The highest BCUT2D eigenvalue weighted by Crippen LogP contribution is 2.08. The number of pyridine rings is 1. The molecule has 1 amide bonds. The molecule has 2 heterocycles. The quantitative estimate of drug-likeness (QED) is 0.783. The largest absolute Gasteiger partial charge is 0.395 e. The molecule has 0 aliphatic carbocycles. The Kier molecular flexibility index (Phi) is 2.87. The first-order chi connectivity index (χ1) is 7.72. The second kappa shape index (κ2) is 4.32. The highest BCUT2D eigenvalue weighted by molar-refractivity contribution is 5.93. The minimum atomic E-state index is -0.229. The predicted octanol–water partition coefficient (Wildman–Crippen LogP) is 0.365. The van der Waals surface area contributed by atoms with Gasteiger partial charge in [0.25, 0.3) is 5.91 Å². The number of nitrogens with zero attached hydrogens (tertiary/aromatic N) is 2. The van der Waals surface area contributed by atoms with Gasteiger partial charge >= 0.3 is 0 Å². The lowest BCUT2D eigenvalue weighted by Crippen LogP contribution is -2.27. The molecule has 5 nitrogen and oxygen atoms in total. The molecule has 0 spiro atoms. The van der Waals surface area contributed by atoms with Gasteiger partial charge < -0.3 is 10.4 Å². The van der Waals surface area contributed by atoms with Crippen LogP contribution in [0.1, 0.15) is 16.1 Å². The van der Waals surface area contributed by atoms with E-state index in [0.29, 0.717) is 5.69 Å². The van der Waals surface area contributed by atoms with E-state index in [1.165, 1.54) is 6.20 Å². The molecule has 0 saturated heterocycles. The molecule has 0 aliphatic heterocycles. The Morgan fingerprint density at radius 2 is 2.38 bits per heavy atom. The predicted molar refractivity (Wildman–Crippen MR) is 59.3 cm³/mol. The lowest BCUT2D eigenvalue weighted by molar-refractivity contribution is 0.0939. The number of aromatic nitrogens is 2. The summed E-state index contributed by atoms with van der Waals surface area (Å²) in [5.74, 6) is -0.229. The number of fused-ring (bicyclic) bond motifs is 1. The average molecular weight is 219 g/mol. The minimum absolute atomic E-state index is 0.0680. The van der Waals surface area contributed by atoms with Gasteiger partial charge in [0.1, 0.15) is 11.3 Å². The third-order valence-electron chi connectivity index (χ3n) is 2.28. The van der Waals surface area contributed by atoms with Crippen LogP contribution in [-0.4, -0.2) is 33.6 Å². The Balaban J connectivity index is 2.37. The molecule has 0 radical (unpaired) electrons. The first-order valence-electron chi connectivity index (χ1n) is 5.05. The van der Waals surface area contributed by atoms with Crippen molar-refractivity contribution in [3.8, 4) is 0 Å². The Morgan fingerprint density at radius 1 is 1.56 bits per heavy atom. The van der Waals surface area contributed by atoms with Gasteiger partial charge in [-0.1, -0.05) is 6.07 Å². The molecule has 0 saturated carbocycles. The first kappa shape index (κ1) is 10.6. The van der Waals surface area contributed by atoms with Crippen molar-refractivity contribution in [2.45, 2.75) is 6.92 Å². The molecule has 0 fully saturated rings. The lowest BCUT2D eigenvalue weighted by atomic mass is 10.3. The zero-order valence-electron chi connectivity index (χ0n) is 8.97. The summed E-state index contributed by atoms with van der Waals surface area (Å²) >= 11 is 0. The van der Waals surface area contributed by atoms with Crippen molar-refractivity contribution < 1.29 is 9.90 Å². The van der Waals surface area contributed by atoms with Crippen LogP contribution in [0.5, 0.6) is 0 Å². The maximum Gasteiger partial charge on any atom is 0.270 e. The van der Waals surface area contributed by atoms with E-state index in [-0.39, 0.29) is 19.1 Å². The van der Waals surface area contributed by atoms with E-state index in [1.54, 1.807) is 4.40 Å². The minimum Gasteiger partial charge on any atom is -0.395 e. The van der Waals surface area contributed by atoms with E-state index in [0.717, 1.165) is 11.2 Å². The van der Waals surface area contributed by atoms with Crippen molar-refractivity contribution in [3.05, 3.63) is 35.8 Å². The third kappa shape index (κ3) is 1.90. The molecule has 0 atom stereocenters. The summed E-state index contributed by atoms with van der Waals surface area (Å²) < 4.78 is 1.74. The van der Waals surface area contributed by atoms with Crippen LogP contribution in [0.15, 0.2) is 24.5 Å². The standard InChI is InChI=1S/C11H13N3O2/c1-8-2-3-10-13-6-9(14(10)7-8)11(16)12-4-5-15/h2-3,6-7,15H,4-5H2,1H3,(H,12,16). The van der Waals surface area contributed by atoms with Crippen LogP contribution in [0.3, 0.4) is 0 Å². The van der Waals surface area contributed by atoms with E-state index in [4.69, 9.17) is 5.11 Å². The second-order valence-electron chi connectivity index (χ2n) is 3.56. The van der Waals surface area contributed by atoms with Crippen molar-refractivity contribution in [2.24, 2.45) is 0 Å². The zero-order valence-corrected chi connectivity index (χ0v) is 8.97. The van der Waals surface area contributed by atoms with Crippen LogP contribution < -0.4 is 5.32 Å². The van der Waals surface area contributed by atoms with E-state index in [1.807, 2.05) is 25.3 Å². The van der Waals surface area contributed by atoms with Gasteiger partial charge in [-0.2, -0.15) is 0 Å². The number of amides is 1. The van der Waals surface area contributed by atoms with Crippen molar-refractivity contribution in [1.82, 2.24) is 14.7 Å². The Hall–Kier alpha value is -1.88. The number of hydrogen-bond acceptors (Lipinski definition) is 3. The molecule has 2 N–H and O–H groups in total. The molecule has 16 heavy (non-hydrogen) atoms. The summed E-state index contributed by atoms with van der Waals surface area (Å²) in [5.41, 5.74) is 2.27. The topological polar surface area (TPSA) is 66.6 Å². The van der Waals surface area contributed by atoms with Crippen LogP contribution in [0.4, 0.5) is 0 Å². The van der Waals surface area contributed by atoms with Gasteiger partial charge in [0.15, 0.2) is 0 Å². The number of hydrogen-bond donors (Lipinski definition) is 2. The normalized spacial score (nSPS) is 10.6. The van der Waals surface area contributed by atoms with Gasteiger partial charge in [0, 0.05) is 12.7 Å². The number of aliphatic hydroxyl groups is 1. The summed E-state index contributed by atoms with van der Waals surface area (Å²) in [7, 11) is 0. The average Bonchev–Trinajstić information content (AvgIpc) is 2.68. The number of rotatable bonds is 3. The molecule has 0 unspecified atom stereocenters. The SMILES string of the molecule is Cc1ccc2ncc(C(=O)NCCO)n2c1. The van der Waals surface area contributed by atoms with Crippen LogP contribution in [0, 0.1) is 6.92 Å². The highest BCUT2D eigenvalue weighted by atomic mass is 16.3. The first-order valence-corrected chi connectivity index (χ1v) is 5.05. The monoisotopic (exact) mass is 219 g/mol. The van der Waals surface area contributed by atoms with Crippen molar-refractivity contribution in [3.63, 3.8) is 0 Å². The third-order valence-corrected chi connectivity index (χ3v) is 2.28. The van der Waals surface area contributed by atoms with Crippen molar-refractivity contribution >= 4 is 11.6 Å². The Labute approximate surface area is 92.7 Å². The molecule has 84 valence electrons. The molecule has 2 aromatic heterocycles. The van der Waals surface area contributed by atoms with Crippen molar-refractivity contribution in [1.29, 1.82) is 0 Å². The maximum atomic E-state index is 11.7. The summed E-state index contributed by atoms with van der Waals surface area (Å²) in [6.45, 7) is 2.13. The molecular weight excluding hydrogens is 206 g/mol. The molecule has 2 aromatic rings. The van der Waals surface area contributed by atoms with E-state index < -0.39 is 0 Å². The van der Waals surface area contributed by atoms with Crippen molar-refractivity contribution in [2.75, 3.05) is 13.2 Å². The summed E-state index contributed by atoms with van der Waals surface area (Å²) in [5, 5.41) is 11.2. The van der Waals surface area contributed by atoms with E-state index in [2.05, 4.69) is 10.3 Å². The molecule has 0 bridgehead atoms. The summed E-state index contributed by atoms with van der Waals surface area (Å²) in [6, 6.07) is 3.80. The Bertz CT molecular complexity index is 519. The summed E-state index contributed by atoms with van der Waals surface area (Å²) in [4.78, 5) is 15.8. The molecule has 0 aromatic carbocycles. The fourth-order valence-corrected chi connectivity index (χ4v) is 1.51. The molecule has 5 heteroatoms. The summed E-state index contributed by atoms with van der Waals surface area (Å²) in [6.07, 6.45) is 3.39.